The zero-order chi connectivity index (χ0) is 24.1. The maximum Gasteiger partial charge on any atom is 0.385 e. The fraction of sp³-hybridized carbons (Fsp3) is 0.926. The van der Waals surface area contributed by atoms with Crippen molar-refractivity contribution in [1.29, 1.82) is 0 Å². The molecule has 0 spiro atoms. The molecule has 4 nitrogen and oxygen atoms in total. The smallest absolute Gasteiger partial charge is 0.320 e. The standard InChI is InChI=1S/C27H56NO3P/c1-6-8-9-10-11-12-13-14-15-16-17-18-19-20-21-22-23-24-26-31-32(29,30)27(25-7-2)28(3,4)5/h9-10,27H,6-8,11-26H2,1-5H3/p+1. The van der Waals surface area contributed by atoms with Gasteiger partial charge in [0, 0.05) is 6.42 Å². The van der Waals surface area contributed by atoms with Crippen LogP contribution in [0, 0.1) is 0 Å². The Morgan fingerprint density at radius 2 is 1.16 bits per heavy atom. The lowest BCUT2D eigenvalue weighted by Crippen LogP contribution is -2.45. The molecule has 0 saturated heterocycles. The molecule has 0 rings (SSSR count). The number of nitrogens with zero attached hydrogens (tertiary/aromatic N) is 1. The van der Waals surface area contributed by atoms with Gasteiger partial charge in [0.15, 0.2) is 5.78 Å². The molecule has 0 aliphatic carbocycles. The van der Waals surface area contributed by atoms with Gasteiger partial charge in [0.05, 0.1) is 27.7 Å². The number of unbranched alkanes of at least 4 members (excludes halogenated alkanes) is 14. The molecule has 0 radical (unpaired) electrons. The molecule has 0 aromatic heterocycles. The van der Waals surface area contributed by atoms with E-state index in [2.05, 4.69) is 26.0 Å². The van der Waals surface area contributed by atoms with E-state index in [1.54, 1.807) is 0 Å². The van der Waals surface area contributed by atoms with Gasteiger partial charge >= 0.3 is 7.60 Å². The minimum atomic E-state index is -3.56. The van der Waals surface area contributed by atoms with Crippen molar-refractivity contribution in [2.24, 2.45) is 0 Å². The molecule has 2 atom stereocenters. The summed E-state index contributed by atoms with van der Waals surface area (Å²) in [4.78, 5) is 10.4. The summed E-state index contributed by atoms with van der Waals surface area (Å²) in [6, 6.07) is 0. The summed E-state index contributed by atoms with van der Waals surface area (Å²) in [5, 5.41) is 0. The topological polar surface area (TPSA) is 46.5 Å². The number of hydrogen-bond donors (Lipinski definition) is 1. The Hall–Kier alpha value is -0.150. The third kappa shape index (κ3) is 18.3. The van der Waals surface area contributed by atoms with Gasteiger partial charge in [0.25, 0.3) is 0 Å². The van der Waals surface area contributed by atoms with Crippen molar-refractivity contribution >= 4 is 7.60 Å². The second-order valence-electron chi connectivity index (χ2n) is 10.4. The number of rotatable bonds is 23. The van der Waals surface area contributed by atoms with Gasteiger partial charge < -0.3 is 13.9 Å². The fourth-order valence-electron chi connectivity index (χ4n) is 4.24. The summed E-state index contributed by atoms with van der Waals surface area (Å²) in [6.07, 6.45) is 26.9. The van der Waals surface area contributed by atoms with Crippen LogP contribution >= 0.6 is 7.60 Å². The van der Waals surface area contributed by atoms with Gasteiger partial charge in [-0.2, -0.15) is 0 Å². The molecule has 0 aliphatic heterocycles. The van der Waals surface area contributed by atoms with Crippen LogP contribution in [0.15, 0.2) is 12.2 Å². The molecule has 192 valence electrons. The summed E-state index contributed by atoms with van der Waals surface area (Å²) in [5.74, 6) is -0.333. The third-order valence-corrected chi connectivity index (χ3v) is 8.49. The Morgan fingerprint density at radius 1 is 0.719 bits per heavy atom. The van der Waals surface area contributed by atoms with Crippen LogP contribution in [0.1, 0.15) is 129 Å². The number of allylic oxidation sites excluding steroid dienone is 2. The highest BCUT2D eigenvalue weighted by Crippen LogP contribution is 2.51. The second kappa shape index (κ2) is 20.2. The summed E-state index contributed by atoms with van der Waals surface area (Å²) >= 11 is 0. The Labute approximate surface area is 201 Å². The average Bonchev–Trinajstić information content (AvgIpc) is 2.72. The van der Waals surface area contributed by atoms with E-state index in [4.69, 9.17) is 4.52 Å². The normalized spacial score (nSPS) is 15.3. The minimum Gasteiger partial charge on any atom is -0.320 e. The molecule has 1 N–H and O–H groups in total. The zero-order valence-corrected chi connectivity index (χ0v) is 23.2. The molecule has 32 heavy (non-hydrogen) atoms. The first-order valence-electron chi connectivity index (χ1n) is 13.7. The van der Waals surface area contributed by atoms with Crippen LogP contribution < -0.4 is 0 Å². The maximum absolute atomic E-state index is 12.6. The summed E-state index contributed by atoms with van der Waals surface area (Å²) in [5.41, 5.74) is 0. The van der Waals surface area contributed by atoms with Crippen molar-refractivity contribution < 1.29 is 18.5 Å². The van der Waals surface area contributed by atoms with Crippen LogP contribution in [-0.2, 0) is 9.09 Å². The van der Waals surface area contributed by atoms with E-state index >= 15 is 0 Å². The second-order valence-corrected chi connectivity index (χ2v) is 12.4. The van der Waals surface area contributed by atoms with E-state index in [1.165, 1.54) is 89.9 Å². The van der Waals surface area contributed by atoms with Crippen LogP contribution in [-0.4, -0.2) is 42.9 Å². The van der Waals surface area contributed by atoms with E-state index < -0.39 is 7.60 Å². The lowest BCUT2D eigenvalue weighted by molar-refractivity contribution is -0.883. The predicted molar refractivity (Wildman–Crippen MR) is 141 cm³/mol. The predicted octanol–water partition coefficient (Wildman–Crippen LogP) is 8.84. The third-order valence-electron chi connectivity index (χ3n) is 6.23. The van der Waals surface area contributed by atoms with Gasteiger partial charge in [-0.15, -0.1) is 0 Å². The van der Waals surface area contributed by atoms with Crippen LogP contribution in [0.3, 0.4) is 0 Å². The molecular formula is C27H57NO3P+. The number of quaternary nitrogens is 1. The average molecular weight is 475 g/mol. The lowest BCUT2D eigenvalue weighted by Gasteiger charge is -2.35. The molecule has 0 amide bonds. The Morgan fingerprint density at radius 3 is 1.59 bits per heavy atom. The first-order valence-corrected chi connectivity index (χ1v) is 15.3. The molecule has 2 unspecified atom stereocenters. The van der Waals surface area contributed by atoms with Crippen molar-refractivity contribution in [3.05, 3.63) is 12.2 Å². The Kier molecular flexibility index (Phi) is 20.1. The highest BCUT2D eigenvalue weighted by Gasteiger charge is 2.41. The quantitative estimate of drug-likeness (QED) is 0.0696. The van der Waals surface area contributed by atoms with Gasteiger partial charge in [0.2, 0.25) is 0 Å². The number of hydrogen-bond acceptors (Lipinski definition) is 2. The molecule has 0 saturated carbocycles. The van der Waals surface area contributed by atoms with Gasteiger partial charge in [-0.05, 0) is 32.1 Å². The minimum absolute atomic E-state index is 0.333. The first-order chi connectivity index (χ1) is 15.3. The summed E-state index contributed by atoms with van der Waals surface area (Å²) < 4.78 is 18.6. The molecule has 0 fully saturated rings. The Balaban J connectivity index is 3.50. The maximum atomic E-state index is 12.6. The van der Waals surface area contributed by atoms with E-state index in [0.717, 1.165) is 19.3 Å². The van der Waals surface area contributed by atoms with Crippen LogP contribution in [0.4, 0.5) is 0 Å². The molecule has 0 aromatic rings. The fourth-order valence-corrected chi connectivity index (χ4v) is 6.26. The van der Waals surface area contributed by atoms with Gasteiger partial charge in [0.1, 0.15) is 0 Å². The van der Waals surface area contributed by atoms with Crippen molar-refractivity contribution in [3.63, 3.8) is 0 Å². The van der Waals surface area contributed by atoms with Crippen LogP contribution in [0.5, 0.6) is 0 Å². The monoisotopic (exact) mass is 474 g/mol. The molecular weight excluding hydrogens is 417 g/mol. The van der Waals surface area contributed by atoms with E-state index in [9.17, 15) is 9.46 Å². The van der Waals surface area contributed by atoms with E-state index in [0.29, 0.717) is 17.5 Å². The molecule has 0 aliphatic rings. The van der Waals surface area contributed by atoms with Crippen LogP contribution in [0.25, 0.3) is 0 Å². The first kappa shape index (κ1) is 31.9. The molecule has 0 bridgehead atoms. The van der Waals surface area contributed by atoms with Crippen molar-refractivity contribution in [2.75, 3.05) is 27.7 Å². The van der Waals surface area contributed by atoms with E-state index in [-0.39, 0.29) is 5.78 Å². The zero-order valence-electron chi connectivity index (χ0n) is 22.3. The highest BCUT2D eigenvalue weighted by atomic mass is 31.2. The van der Waals surface area contributed by atoms with Crippen LogP contribution in [0.2, 0.25) is 0 Å². The largest absolute Gasteiger partial charge is 0.385 e. The molecule has 0 heterocycles. The van der Waals surface area contributed by atoms with Gasteiger partial charge in [-0.3, -0.25) is 4.57 Å². The SMILES string of the molecule is CCCC=CCCCCCCCCCCCCCCCOP(=O)(O)C(CCC)[N+](C)(C)C. The van der Waals surface area contributed by atoms with Gasteiger partial charge in [-0.25, -0.2) is 0 Å². The molecule has 5 heteroatoms. The van der Waals surface area contributed by atoms with Crippen molar-refractivity contribution in [3.8, 4) is 0 Å². The Bertz CT molecular complexity index is 488. The molecule has 0 aromatic carbocycles. The summed E-state index contributed by atoms with van der Waals surface area (Å²) in [6.45, 7) is 4.69. The highest BCUT2D eigenvalue weighted by molar-refractivity contribution is 7.53. The van der Waals surface area contributed by atoms with E-state index in [1.807, 2.05) is 21.1 Å². The van der Waals surface area contributed by atoms with Gasteiger partial charge in [-0.1, -0.05) is 103 Å². The summed E-state index contributed by atoms with van der Waals surface area (Å²) in [7, 11) is 2.36. The van der Waals surface area contributed by atoms with Crippen molar-refractivity contribution in [2.45, 2.75) is 135 Å². The lowest BCUT2D eigenvalue weighted by atomic mass is 10.0. The van der Waals surface area contributed by atoms with Crippen molar-refractivity contribution in [1.82, 2.24) is 0 Å².